The molecule has 2 aromatic rings. The second-order valence-corrected chi connectivity index (χ2v) is 6.17. The van der Waals surface area contributed by atoms with Gasteiger partial charge < -0.3 is 10.1 Å². The van der Waals surface area contributed by atoms with Crippen LogP contribution in [0.5, 0.6) is 5.75 Å². The lowest BCUT2D eigenvalue weighted by Crippen LogP contribution is -2.32. The Labute approximate surface area is 142 Å². The Kier molecular flexibility index (Phi) is 5.67. The van der Waals surface area contributed by atoms with Gasteiger partial charge in [0.25, 0.3) is 5.91 Å². The van der Waals surface area contributed by atoms with Crippen molar-refractivity contribution in [2.45, 2.75) is 40.2 Å². The molecule has 0 aliphatic carbocycles. The van der Waals surface area contributed by atoms with Crippen molar-refractivity contribution in [1.82, 2.24) is 0 Å². The molecule has 0 fully saturated rings. The van der Waals surface area contributed by atoms with Crippen LogP contribution in [-0.4, -0.2) is 12.0 Å². The van der Waals surface area contributed by atoms with Gasteiger partial charge in [-0.25, -0.2) is 0 Å². The van der Waals surface area contributed by atoms with Crippen molar-refractivity contribution < 1.29 is 9.53 Å². The maximum atomic E-state index is 12.6. The molecule has 0 aliphatic rings. The summed E-state index contributed by atoms with van der Waals surface area (Å²) in [6.07, 6.45) is 0.0102. The summed E-state index contributed by atoms with van der Waals surface area (Å²) in [4.78, 5) is 12.6. The van der Waals surface area contributed by atoms with Gasteiger partial charge in [-0.3, -0.25) is 4.79 Å². The molecule has 0 heterocycles. The molecule has 0 saturated carbocycles. The van der Waals surface area contributed by atoms with Crippen LogP contribution in [0.2, 0.25) is 5.02 Å². The van der Waals surface area contributed by atoms with E-state index in [9.17, 15) is 4.79 Å². The lowest BCUT2D eigenvalue weighted by atomic mass is 10.0. The van der Waals surface area contributed by atoms with Gasteiger partial charge in [-0.1, -0.05) is 42.3 Å². The highest BCUT2D eigenvalue weighted by Crippen LogP contribution is 2.23. The monoisotopic (exact) mass is 331 g/mol. The third-order valence-electron chi connectivity index (χ3n) is 3.66. The molecule has 23 heavy (non-hydrogen) atoms. The second-order valence-electron chi connectivity index (χ2n) is 5.74. The lowest BCUT2D eigenvalue weighted by Gasteiger charge is -2.19. The van der Waals surface area contributed by atoms with Crippen LogP contribution in [0.4, 0.5) is 5.69 Å². The largest absolute Gasteiger partial charge is 0.481 e. The standard InChI is InChI=1S/C19H22ClNO2/c1-5-17(23-16-8-6-7-15(20)11-16)19(22)21-18-13(3)9-12(2)10-14(18)4/h6-11,17H,5H2,1-4H3,(H,21,22)/t17-/m0/s1. The molecule has 0 unspecified atom stereocenters. The van der Waals surface area contributed by atoms with Crippen molar-refractivity contribution in [1.29, 1.82) is 0 Å². The number of halogens is 1. The average molecular weight is 332 g/mol. The number of rotatable bonds is 5. The van der Waals surface area contributed by atoms with E-state index in [4.69, 9.17) is 16.3 Å². The first-order valence-electron chi connectivity index (χ1n) is 7.71. The molecule has 0 bridgehead atoms. The van der Waals surface area contributed by atoms with Gasteiger partial charge in [0, 0.05) is 10.7 Å². The summed E-state index contributed by atoms with van der Waals surface area (Å²) in [5.41, 5.74) is 4.14. The van der Waals surface area contributed by atoms with Gasteiger partial charge in [0.2, 0.25) is 0 Å². The van der Waals surface area contributed by atoms with Gasteiger partial charge in [-0.2, -0.15) is 0 Å². The van der Waals surface area contributed by atoms with Gasteiger partial charge in [0.15, 0.2) is 6.10 Å². The van der Waals surface area contributed by atoms with Crippen LogP contribution in [0, 0.1) is 20.8 Å². The topological polar surface area (TPSA) is 38.3 Å². The summed E-state index contributed by atoms with van der Waals surface area (Å²) in [7, 11) is 0. The Balaban J connectivity index is 2.15. The highest BCUT2D eigenvalue weighted by atomic mass is 35.5. The molecule has 0 aromatic heterocycles. The van der Waals surface area contributed by atoms with Crippen LogP contribution in [0.15, 0.2) is 36.4 Å². The summed E-state index contributed by atoms with van der Waals surface area (Å²) in [6, 6.07) is 11.2. The molecule has 1 atom stereocenters. The van der Waals surface area contributed by atoms with E-state index >= 15 is 0 Å². The molecule has 4 heteroatoms. The Morgan fingerprint density at radius 1 is 1.17 bits per heavy atom. The van der Waals surface area contributed by atoms with E-state index < -0.39 is 6.10 Å². The Bertz CT molecular complexity index is 689. The van der Waals surface area contributed by atoms with Gasteiger partial charge in [0.05, 0.1) is 0 Å². The molecule has 0 saturated heterocycles. The zero-order valence-electron chi connectivity index (χ0n) is 13.9. The molecule has 1 N–H and O–H groups in total. The van der Waals surface area contributed by atoms with Crippen LogP contribution < -0.4 is 10.1 Å². The van der Waals surface area contributed by atoms with Gasteiger partial charge in [-0.15, -0.1) is 0 Å². The quantitative estimate of drug-likeness (QED) is 0.831. The van der Waals surface area contributed by atoms with Crippen molar-refractivity contribution in [2.75, 3.05) is 5.32 Å². The van der Waals surface area contributed by atoms with Crippen LogP contribution in [0.25, 0.3) is 0 Å². The molecule has 0 aliphatic heterocycles. The minimum absolute atomic E-state index is 0.150. The van der Waals surface area contributed by atoms with Crippen molar-refractivity contribution in [2.24, 2.45) is 0 Å². The minimum atomic E-state index is -0.562. The molecule has 1 amide bonds. The molecule has 0 spiro atoms. The number of amides is 1. The summed E-state index contributed by atoms with van der Waals surface area (Å²) in [5.74, 6) is 0.444. The maximum absolute atomic E-state index is 12.6. The van der Waals surface area contributed by atoms with Crippen molar-refractivity contribution >= 4 is 23.2 Å². The molecule has 0 radical (unpaired) electrons. The summed E-state index contributed by atoms with van der Waals surface area (Å²) in [5, 5.41) is 3.58. The fourth-order valence-corrected chi connectivity index (χ4v) is 2.79. The van der Waals surface area contributed by atoms with Crippen molar-refractivity contribution in [3.05, 3.63) is 58.1 Å². The number of benzene rings is 2. The molecule has 122 valence electrons. The molecule has 3 nitrogen and oxygen atoms in total. The fraction of sp³-hybridized carbons (Fsp3) is 0.316. The number of carbonyl (C=O) groups excluding carboxylic acids is 1. The number of anilines is 1. The molecule has 2 rings (SSSR count). The zero-order chi connectivity index (χ0) is 17.0. The zero-order valence-corrected chi connectivity index (χ0v) is 14.7. The van der Waals surface area contributed by atoms with E-state index in [1.165, 1.54) is 5.56 Å². The predicted octanol–water partition coefficient (Wildman–Crippen LogP) is 5.06. The lowest BCUT2D eigenvalue weighted by molar-refractivity contribution is -0.122. The van der Waals surface area contributed by atoms with Crippen molar-refractivity contribution in [3.63, 3.8) is 0 Å². The van der Waals surface area contributed by atoms with Crippen LogP contribution in [0.1, 0.15) is 30.0 Å². The number of carbonyl (C=O) groups is 1. The number of hydrogen-bond acceptors (Lipinski definition) is 2. The first-order valence-corrected chi connectivity index (χ1v) is 8.09. The van der Waals surface area contributed by atoms with Gasteiger partial charge in [-0.05, 0) is 56.5 Å². The second kappa shape index (κ2) is 7.51. The highest BCUT2D eigenvalue weighted by molar-refractivity contribution is 6.30. The SMILES string of the molecule is CC[C@H](Oc1cccc(Cl)c1)C(=O)Nc1c(C)cc(C)cc1C. The Hall–Kier alpha value is -2.00. The van der Waals surface area contributed by atoms with E-state index in [0.29, 0.717) is 17.2 Å². The average Bonchev–Trinajstić information content (AvgIpc) is 2.48. The summed E-state index contributed by atoms with van der Waals surface area (Å²) < 4.78 is 5.79. The Morgan fingerprint density at radius 3 is 2.39 bits per heavy atom. The van der Waals surface area contributed by atoms with E-state index in [1.54, 1.807) is 24.3 Å². The van der Waals surface area contributed by atoms with E-state index in [1.807, 2.05) is 27.7 Å². The third kappa shape index (κ3) is 4.49. The van der Waals surface area contributed by atoms with E-state index in [2.05, 4.69) is 17.4 Å². The van der Waals surface area contributed by atoms with Crippen molar-refractivity contribution in [3.8, 4) is 5.75 Å². The number of aryl methyl sites for hydroxylation is 3. The summed E-state index contributed by atoms with van der Waals surface area (Å²) in [6.45, 7) is 7.95. The van der Waals surface area contributed by atoms with E-state index in [0.717, 1.165) is 16.8 Å². The molecular formula is C19H22ClNO2. The van der Waals surface area contributed by atoms with Crippen LogP contribution in [-0.2, 0) is 4.79 Å². The maximum Gasteiger partial charge on any atom is 0.265 e. The van der Waals surface area contributed by atoms with Crippen LogP contribution in [0.3, 0.4) is 0 Å². The molecular weight excluding hydrogens is 310 g/mol. The summed E-state index contributed by atoms with van der Waals surface area (Å²) >= 11 is 5.96. The highest BCUT2D eigenvalue weighted by Gasteiger charge is 2.20. The van der Waals surface area contributed by atoms with Gasteiger partial charge >= 0.3 is 0 Å². The first kappa shape index (κ1) is 17.4. The smallest absolute Gasteiger partial charge is 0.265 e. The minimum Gasteiger partial charge on any atom is -0.481 e. The first-order chi connectivity index (χ1) is 10.9. The molecule has 2 aromatic carbocycles. The normalized spacial score (nSPS) is 11.9. The fourth-order valence-electron chi connectivity index (χ4n) is 2.61. The Morgan fingerprint density at radius 2 is 1.83 bits per heavy atom. The van der Waals surface area contributed by atoms with E-state index in [-0.39, 0.29) is 5.91 Å². The number of ether oxygens (including phenoxy) is 1. The number of nitrogens with one attached hydrogen (secondary N) is 1. The van der Waals surface area contributed by atoms with Crippen LogP contribution >= 0.6 is 11.6 Å². The third-order valence-corrected chi connectivity index (χ3v) is 3.90. The predicted molar refractivity (Wildman–Crippen MR) is 95.4 cm³/mol. The number of hydrogen-bond donors (Lipinski definition) is 1. The van der Waals surface area contributed by atoms with Gasteiger partial charge in [0.1, 0.15) is 5.75 Å².